The number of benzene rings is 1. The van der Waals surface area contributed by atoms with E-state index in [0.717, 1.165) is 12.1 Å². The minimum atomic E-state index is -1.19. The van der Waals surface area contributed by atoms with Gasteiger partial charge in [-0.25, -0.2) is 9.52 Å². The molecule has 7 N–H and O–H groups in total. The third-order valence-corrected chi connectivity index (χ3v) is 5.22. The number of ether oxygens (including phenoxy) is 5. The normalized spacial score (nSPS) is 19.1. The van der Waals surface area contributed by atoms with Gasteiger partial charge in [0.2, 0.25) is 20.0 Å². The van der Waals surface area contributed by atoms with Crippen LogP contribution in [0, 0.1) is 0 Å². The van der Waals surface area contributed by atoms with Crippen LogP contribution in [-0.4, -0.2) is 87.7 Å². The van der Waals surface area contributed by atoms with E-state index in [9.17, 15) is 24.6 Å². The first kappa shape index (κ1) is 30.6. The number of carbonyl (C=O) groups is 3. The van der Waals surface area contributed by atoms with Crippen LogP contribution in [-0.2, 0) is 30.4 Å². The third-order valence-electron chi connectivity index (χ3n) is 4.61. The monoisotopic (exact) mass is 546 g/mol. The number of hydrogen-bond acceptors (Lipinski definition) is 14. The fraction of sp³-hybridized carbons (Fsp3) is 0.550. The number of hydrogen-bond donors (Lipinski definition) is 6. The fourth-order valence-electron chi connectivity index (χ4n) is 2.96. The van der Waals surface area contributed by atoms with Crippen LogP contribution in [0.2, 0.25) is 0 Å². The van der Waals surface area contributed by atoms with Gasteiger partial charge in [0.1, 0.15) is 19.1 Å². The maximum absolute atomic E-state index is 12.8. The zero-order valence-corrected chi connectivity index (χ0v) is 21.0. The van der Waals surface area contributed by atoms with Crippen molar-refractivity contribution in [1.29, 1.82) is 0 Å². The Kier molecular flexibility index (Phi) is 14.0. The van der Waals surface area contributed by atoms with Crippen molar-refractivity contribution < 1.29 is 53.1 Å². The van der Waals surface area contributed by atoms with Gasteiger partial charge in [0.15, 0.2) is 6.29 Å². The molecule has 0 radical (unpaired) electrons. The molecule has 1 aromatic rings. The quantitative estimate of drug-likeness (QED) is 0.0493. The molecular weight excluding hydrogens is 515 g/mol. The summed E-state index contributed by atoms with van der Waals surface area (Å²) in [7, 11) is 1.27. The van der Waals surface area contributed by atoms with Crippen molar-refractivity contribution in [3.05, 3.63) is 29.3 Å². The molecule has 0 aromatic heterocycles. The predicted octanol–water partition coefficient (Wildman–Crippen LogP) is -1.38. The molecule has 17 heteroatoms. The highest BCUT2D eigenvalue weighted by molar-refractivity contribution is 7.96. The van der Waals surface area contributed by atoms with Crippen LogP contribution in [0.25, 0.3) is 0 Å². The summed E-state index contributed by atoms with van der Waals surface area (Å²) in [5.74, 6) is 3.82. The molecule has 0 aliphatic carbocycles. The van der Waals surface area contributed by atoms with Gasteiger partial charge in [0.25, 0.3) is 5.91 Å². The van der Waals surface area contributed by atoms with Crippen molar-refractivity contribution in [2.75, 3.05) is 33.1 Å². The topological polar surface area (TPSA) is 209 Å². The first-order valence-corrected chi connectivity index (χ1v) is 12.0. The second-order valence-electron chi connectivity index (χ2n) is 7.55. The molecule has 1 fully saturated rings. The van der Waals surface area contributed by atoms with E-state index in [1.165, 1.54) is 20.0 Å². The molecule has 1 heterocycles. The van der Waals surface area contributed by atoms with Gasteiger partial charge in [0.05, 0.1) is 31.5 Å². The first-order valence-electron chi connectivity index (χ1n) is 11.2. The Bertz CT molecular complexity index is 875. The van der Waals surface area contributed by atoms with Gasteiger partial charge in [0, 0.05) is 31.5 Å². The lowest BCUT2D eigenvalue weighted by Gasteiger charge is -2.30. The number of nitrogens with two attached hydrogens (primary N) is 1. The number of rotatable bonds is 15. The van der Waals surface area contributed by atoms with E-state index in [4.69, 9.17) is 23.7 Å². The van der Waals surface area contributed by atoms with Gasteiger partial charge in [-0.2, -0.15) is 5.90 Å². The number of amides is 2. The van der Waals surface area contributed by atoms with Crippen molar-refractivity contribution in [2.45, 2.75) is 38.1 Å². The molecule has 0 spiro atoms. The summed E-state index contributed by atoms with van der Waals surface area (Å²) in [6, 6.07) is 4.63. The second kappa shape index (κ2) is 17.0. The molecule has 0 bridgehead atoms. The molecule has 1 saturated heterocycles. The lowest BCUT2D eigenvalue weighted by Crippen LogP contribution is -2.39. The highest BCUT2D eigenvalue weighted by Crippen LogP contribution is 2.26. The van der Waals surface area contributed by atoms with Crippen molar-refractivity contribution in [2.24, 2.45) is 5.90 Å². The van der Waals surface area contributed by atoms with Gasteiger partial charge < -0.3 is 44.1 Å². The molecule has 2 amide bonds. The van der Waals surface area contributed by atoms with Crippen molar-refractivity contribution in [3.8, 4) is 5.75 Å². The largest absolute Gasteiger partial charge is 0.469 e. The van der Waals surface area contributed by atoms with Gasteiger partial charge in [-0.3, -0.25) is 14.3 Å². The average molecular weight is 546 g/mol. The molecule has 1 aliphatic heterocycles. The minimum absolute atomic E-state index is 0.0401. The number of aliphatic hydroxyl groups excluding tert-OH is 2. The molecule has 0 saturated carbocycles. The van der Waals surface area contributed by atoms with Gasteiger partial charge >= 0.3 is 6.09 Å². The van der Waals surface area contributed by atoms with E-state index in [2.05, 4.69) is 25.5 Å². The maximum Gasteiger partial charge on any atom is 0.436 e. The smallest absolute Gasteiger partial charge is 0.436 e. The Morgan fingerprint density at radius 2 is 1.95 bits per heavy atom. The SMILES string of the molecule is BC(=O)OCc1ccc(OC2CC(O)C[C@@H](O)O2)c(C(=O)NCOCCOCCNSNC(=O)ON)c1. The number of nitrogens with one attached hydrogen (secondary N) is 3. The second-order valence-corrected chi connectivity index (χ2v) is 8.25. The van der Waals surface area contributed by atoms with Gasteiger partial charge in [-0.15, -0.1) is 0 Å². The molecule has 2 rings (SSSR count). The summed E-state index contributed by atoms with van der Waals surface area (Å²) in [6.45, 7) is 1.07. The van der Waals surface area contributed by atoms with E-state index in [1.807, 2.05) is 0 Å². The van der Waals surface area contributed by atoms with Crippen LogP contribution in [0.5, 0.6) is 5.75 Å². The first-order chi connectivity index (χ1) is 17.8. The molecule has 1 aromatic carbocycles. The van der Waals surface area contributed by atoms with E-state index in [0.29, 0.717) is 18.7 Å². The van der Waals surface area contributed by atoms with Crippen LogP contribution in [0.3, 0.4) is 0 Å². The Balaban J connectivity index is 1.79. The lowest BCUT2D eigenvalue weighted by atomic mass is 10.1. The summed E-state index contributed by atoms with van der Waals surface area (Å²) in [6.07, 6.45) is -3.58. The Hall–Kier alpha value is -2.64. The molecule has 37 heavy (non-hydrogen) atoms. The zero-order valence-electron chi connectivity index (χ0n) is 20.2. The Labute approximate surface area is 218 Å². The average Bonchev–Trinajstić information content (AvgIpc) is 2.85. The molecule has 3 atom stereocenters. The third kappa shape index (κ3) is 12.4. The van der Waals surface area contributed by atoms with Gasteiger partial charge in [-0.1, -0.05) is 6.07 Å². The minimum Gasteiger partial charge on any atom is -0.469 e. The fourth-order valence-corrected chi connectivity index (χ4v) is 3.35. The predicted molar refractivity (Wildman–Crippen MR) is 130 cm³/mol. The van der Waals surface area contributed by atoms with Crippen LogP contribution in [0.1, 0.15) is 28.8 Å². The van der Waals surface area contributed by atoms with Crippen molar-refractivity contribution in [1.82, 2.24) is 14.8 Å². The summed E-state index contributed by atoms with van der Waals surface area (Å²) in [5.41, 5.74) is 0.673. The van der Waals surface area contributed by atoms with Crippen molar-refractivity contribution in [3.63, 3.8) is 0 Å². The van der Waals surface area contributed by atoms with E-state index in [1.54, 1.807) is 6.07 Å². The zero-order chi connectivity index (χ0) is 27.0. The van der Waals surface area contributed by atoms with E-state index >= 15 is 0 Å². The Morgan fingerprint density at radius 3 is 2.68 bits per heavy atom. The standard InChI is InChI=1S/C20H31BN4O11S/c21-19(29)33-10-12-1-2-15(34-17-9-13(26)8-16(27)35-17)14(7-12)18(28)23-11-32-6-5-31-4-3-24-37-25-20(30)36-22/h1-2,7,13,16-17,24,26-27H,3-6,8-11,21-22H2,(H,23,28)(H,25,30)/t13?,16-,17?/m0/s1. The summed E-state index contributed by atoms with van der Waals surface area (Å²) >= 11 is 0.896. The van der Waals surface area contributed by atoms with Crippen LogP contribution >= 0.6 is 12.1 Å². The summed E-state index contributed by atoms with van der Waals surface area (Å²) in [4.78, 5) is 38.6. The number of carbonyl (C=O) groups excluding carboxylic acids is 3. The Morgan fingerprint density at radius 1 is 1.16 bits per heavy atom. The highest BCUT2D eigenvalue weighted by Gasteiger charge is 2.29. The van der Waals surface area contributed by atoms with Crippen LogP contribution < -0.4 is 25.4 Å². The molecular formula is C20H31BN4O11S. The maximum atomic E-state index is 12.8. The van der Waals surface area contributed by atoms with Crippen molar-refractivity contribution >= 4 is 37.8 Å². The molecule has 2 unspecified atom stereocenters. The number of aliphatic hydroxyl groups is 2. The summed E-state index contributed by atoms with van der Waals surface area (Å²) < 4.78 is 31.8. The molecule has 1 aliphatic rings. The lowest BCUT2D eigenvalue weighted by molar-refractivity contribution is -0.242. The van der Waals surface area contributed by atoms with Crippen LogP contribution in [0.4, 0.5) is 9.59 Å². The molecule has 15 nitrogen and oxygen atoms in total. The highest BCUT2D eigenvalue weighted by atomic mass is 32.2. The van der Waals surface area contributed by atoms with E-state index in [-0.39, 0.29) is 50.7 Å². The van der Waals surface area contributed by atoms with Gasteiger partial charge in [-0.05, 0) is 17.7 Å². The summed E-state index contributed by atoms with van der Waals surface area (Å²) in [5, 5.41) is 22.2. The van der Waals surface area contributed by atoms with E-state index < -0.39 is 36.6 Å². The molecule has 206 valence electrons. The van der Waals surface area contributed by atoms with Crippen LogP contribution in [0.15, 0.2) is 18.2 Å².